The molecule has 2 amide bonds. The Kier molecular flexibility index (Phi) is 11.6. The third-order valence-corrected chi connectivity index (χ3v) is 10.6. The van der Waals surface area contributed by atoms with Crippen molar-refractivity contribution in [2.45, 2.75) is 62.0 Å². The Morgan fingerprint density at radius 1 is 0.851 bits per heavy atom. The zero-order chi connectivity index (χ0) is 33.2. The van der Waals surface area contributed by atoms with Gasteiger partial charge < -0.3 is 15.0 Å². The lowest BCUT2D eigenvalue weighted by molar-refractivity contribution is -0.140. The highest BCUT2D eigenvalue weighted by molar-refractivity contribution is 7.92. The van der Waals surface area contributed by atoms with Crippen molar-refractivity contribution in [3.63, 3.8) is 0 Å². The van der Waals surface area contributed by atoms with Gasteiger partial charge in [-0.25, -0.2) is 8.42 Å². The van der Waals surface area contributed by atoms with Gasteiger partial charge in [0, 0.05) is 24.0 Å². The average molecular weight is 674 g/mol. The molecule has 1 aliphatic rings. The van der Waals surface area contributed by atoms with E-state index < -0.39 is 28.5 Å². The van der Waals surface area contributed by atoms with Crippen molar-refractivity contribution in [1.82, 2.24) is 10.2 Å². The van der Waals surface area contributed by atoms with Crippen LogP contribution in [0.1, 0.15) is 43.2 Å². The van der Waals surface area contributed by atoms with Crippen molar-refractivity contribution < 1.29 is 22.7 Å². The fourth-order valence-electron chi connectivity index (χ4n) is 5.91. The summed E-state index contributed by atoms with van der Waals surface area (Å²) in [7, 11) is -2.71. The van der Waals surface area contributed by atoms with Crippen molar-refractivity contribution in [2.75, 3.05) is 18.0 Å². The Morgan fingerprint density at radius 3 is 2.11 bits per heavy atom. The lowest BCUT2D eigenvalue weighted by Gasteiger charge is -2.35. The fraction of sp³-hybridized carbons (Fsp3) is 0.297. The van der Waals surface area contributed by atoms with E-state index in [1.165, 1.54) is 24.1 Å². The predicted octanol–water partition coefficient (Wildman–Crippen LogP) is 6.63. The Balaban J connectivity index is 1.55. The number of carbonyl (C=O) groups excluding carboxylic acids is 2. The summed E-state index contributed by atoms with van der Waals surface area (Å²) in [6.07, 6.45) is 5.20. The molecule has 1 aliphatic carbocycles. The van der Waals surface area contributed by atoms with Crippen LogP contribution in [-0.2, 0) is 32.6 Å². The Bertz CT molecular complexity index is 1730. The minimum atomic E-state index is -4.21. The van der Waals surface area contributed by atoms with E-state index in [2.05, 4.69) is 5.32 Å². The quantitative estimate of drug-likeness (QED) is 0.172. The number of nitrogens with zero attached hydrogens (tertiary/aromatic N) is 2. The minimum Gasteiger partial charge on any atom is -0.497 e. The molecule has 1 unspecified atom stereocenters. The lowest BCUT2D eigenvalue weighted by Crippen LogP contribution is -2.55. The van der Waals surface area contributed by atoms with Gasteiger partial charge in [-0.15, -0.1) is 0 Å². The highest BCUT2D eigenvalue weighted by Gasteiger charge is 2.35. The van der Waals surface area contributed by atoms with Crippen LogP contribution < -0.4 is 14.4 Å². The van der Waals surface area contributed by atoms with Crippen molar-refractivity contribution in [3.8, 4) is 5.75 Å². The van der Waals surface area contributed by atoms with Gasteiger partial charge in [-0.3, -0.25) is 13.9 Å². The van der Waals surface area contributed by atoms with Crippen LogP contribution in [0.15, 0.2) is 114 Å². The van der Waals surface area contributed by atoms with Gasteiger partial charge in [0.25, 0.3) is 10.0 Å². The highest BCUT2D eigenvalue weighted by Crippen LogP contribution is 2.27. The molecule has 1 atom stereocenters. The third kappa shape index (κ3) is 8.73. The molecule has 1 fully saturated rings. The molecule has 0 bridgehead atoms. The Labute approximate surface area is 282 Å². The average Bonchev–Trinajstić information content (AvgIpc) is 3.10. The van der Waals surface area contributed by atoms with E-state index in [1.807, 2.05) is 42.5 Å². The van der Waals surface area contributed by atoms with Gasteiger partial charge in [0.1, 0.15) is 18.3 Å². The van der Waals surface area contributed by atoms with Gasteiger partial charge in [0.05, 0.1) is 17.7 Å². The summed E-state index contributed by atoms with van der Waals surface area (Å²) in [6, 6.07) is 30.3. The fourth-order valence-corrected chi connectivity index (χ4v) is 7.52. The number of para-hydroxylation sites is 1. The van der Waals surface area contributed by atoms with Crippen LogP contribution in [0.25, 0.3) is 0 Å². The van der Waals surface area contributed by atoms with E-state index in [0.717, 1.165) is 42.0 Å². The SMILES string of the molecule is COc1ccc(S(=O)(=O)N(CC(=O)N(Cc2ccccc2Cl)C(Cc2ccccc2)C(=O)NC2CCCCC2)c2ccccc2)cc1. The number of carbonyl (C=O) groups is 2. The summed E-state index contributed by atoms with van der Waals surface area (Å²) in [5.41, 5.74) is 1.84. The number of sulfonamides is 1. The summed E-state index contributed by atoms with van der Waals surface area (Å²) in [6.45, 7) is -0.524. The molecule has 0 aromatic heterocycles. The van der Waals surface area contributed by atoms with E-state index in [-0.39, 0.29) is 29.8 Å². The van der Waals surface area contributed by atoms with E-state index in [9.17, 15) is 18.0 Å². The number of ether oxygens (including phenoxy) is 1. The van der Waals surface area contributed by atoms with Crippen molar-refractivity contribution in [3.05, 3.63) is 125 Å². The summed E-state index contributed by atoms with van der Waals surface area (Å²) >= 11 is 6.60. The normalized spacial score (nSPS) is 14.2. The van der Waals surface area contributed by atoms with Crippen molar-refractivity contribution in [1.29, 1.82) is 0 Å². The van der Waals surface area contributed by atoms with Gasteiger partial charge in [0.2, 0.25) is 11.8 Å². The molecule has 47 heavy (non-hydrogen) atoms. The second kappa shape index (κ2) is 16.0. The van der Waals surface area contributed by atoms with Crippen LogP contribution in [-0.4, -0.2) is 50.9 Å². The van der Waals surface area contributed by atoms with Crippen molar-refractivity contribution >= 4 is 39.1 Å². The van der Waals surface area contributed by atoms with E-state index >= 15 is 0 Å². The molecule has 8 nitrogen and oxygen atoms in total. The smallest absolute Gasteiger partial charge is 0.264 e. The number of anilines is 1. The first-order valence-electron chi connectivity index (χ1n) is 15.9. The van der Waals surface area contributed by atoms with Crippen LogP contribution in [0.3, 0.4) is 0 Å². The summed E-state index contributed by atoms with van der Waals surface area (Å²) < 4.78 is 34.7. The van der Waals surface area contributed by atoms with Gasteiger partial charge >= 0.3 is 0 Å². The number of methoxy groups -OCH3 is 1. The maximum atomic E-state index is 14.6. The number of benzene rings is 4. The molecule has 4 aromatic rings. The number of nitrogens with one attached hydrogen (secondary N) is 1. The molecule has 10 heteroatoms. The molecular formula is C37H40ClN3O5S. The molecule has 0 heterocycles. The van der Waals surface area contributed by atoms with E-state index in [0.29, 0.717) is 22.0 Å². The number of hydrogen-bond donors (Lipinski definition) is 1. The Hall–Kier alpha value is -4.34. The van der Waals surface area contributed by atoms with Gasteiger partial charge in [0.15, 0.2) is 0 Å². The first-order chi connectivity index (χ1) is 22.8. The lowest BCUT2D eigenvalue weighted by atomic mass is 9.94. The van der Waals surface area contributed by atoms with Gasteiger partial charge in [-0.2, -0.15) is 0 Å². The van der Waals surface area contributed by atoms with Gasteiger partial charge in [-0.05, 0) is 66.4 Å². The maximum Gasteiger partial charge on any atom is 0.264 e. The molecule has 0 radical (unpaired) electrons. The third-order valence-electron chi connectivity index (χ3n) is 8.49. The molecule has 4 aromatic carbocycles. The topological polar surface area (TPSA) is 96.0 Å². The van der Waals surface area contributed by atoms with Crippen LogP contribution in [0.5, 0.6) is 5.75 Å². The molecule has 1 saturated carbocycles. The molecule has 246 valence electrons. The molecule has 0 spiro atoms. The summed E-state index contributed by atoms with van der Waals surface area (Å²) in [5.74, 6) is -0.305. The first kappa shape index (κ1) is 34.0. The molecule has 0 aliphatic heterocycles. The predicted molar refractivity (Wildman–Crippen MR) is 185 cm³/mol. The molecule has 5 rings (SSSR count). The van der Waals surface area contributed by atoms with Crippen LogP contribution >= 0.6 is 11.6 Å². The monoisotopic (exact) mass is 673 g/mol. The van der Waals surface area contributed by atoms with E-state index in [4.69, 9.17) is 16.3 Å². The number of halogens is 1. The minimum absolute atomic E-state index is 0.00323. The molecular weight excluding hydrogens is 634 g/mol. The second-order valence-corrected chi connectivity index (χ2v) is 14.0. The zero-order valence-electron chi connectivity index (χ0n) is 26.4. The molecule has 1 N–H and O–H groups in total. The number of rotatable bonds is 13. The largest absolute Gasteiger partial charge is 0.497 e. The zero-order valence-corrected chi connectivity index (χ0v) is 28.0. The Morgan fingerprint density at radius 2 is 1.47 bits per heavy atom. The summed E-state index contributed by atoms with van der Waals surface area (Å²) in [5, 5.41) is 3.66. The van der Waals surface area contributed by atoms with E-state index in [1.54, 1.807) is 54.6 Å². The number of hydrogen-bond acceptors (Lipinski definition) is 5. The van der Waals surface area contributed by atoms with Crippen LogP contribution in [0.2, 0.25) is 5.02 Å². The number of amides is 2. The first-order valence-corrected chi connectivity index (χ1v) is 17.7. The van der Waals surface area contributed by atoms with Crippen LogP contribution in [0, 0.1) is 0 Å². The standard InChI is InChI=1S/C37H40ClN3O5S/c1-46-32-21-23-33(24-22-32)47(44,45)41(31-18-9-4-10-19-31)27-36(42)40(26-29-15-11-12-20-34(29)38)35(25-28-13-5-2-6-14-28)37(43)39-30-16-7-3-8-17-30/h2,4-6,9-15,18-24,30,35H,3,7-8,16-17,25-27H2,1H3,(H,39,43). The summed E-state index contributed by atoms with van der Waals surface area (Å²) in [4.78, 5) is 30.3. The second-order valence-electron chi connectivity index (χ2n) is 11.7. The maximum absolute atomic E-state index is 14.6. The molecule has 0 saturated heterocycles. The van der Waals surface area contributed by atoms with Gasteiger partial charge in [-0.1, -0.05) is 97.6 Å². The van der Waals surface area contributed by atoms with Crippen LogP contribution in [0.4, 0.5) is 5.69 Å². The highest BCUT2D eigenvalue weighted by atomic mass is 35.5. The van der Waals surface area contributed by atoms with Crippen molar-refractivity contribution in [2.24, 2.45) is 0 Å².